The number of carbonyl (C=O) groups is 1. The zero-order chi connectivity index (χ0) is 14.0. The van der Waals surface area contributed by atoms with Gasteiger partial charge in [-0.15, -0.1) is 0 Å². The van der Waals surface area contributed by atoms with Gasteiger partial charge in [0.1, 0.15) is 5.75 Å². The molecule has 0 radical (unpaired) electrons. The molecule has 0 spiro atoms. The van der Waals surface area contributed by atoms with Gasteiger partial charge in [-0.05, 0) is 36.8 Å². The number of ether oxygens (including phenoxy) is 1. The minimum Gasteiger partial charge on any atom is -0.478 e. The van der Waals surface area contributed by atoms with E-state index in [1.165, 1.54) is 24.3 Å². The topological polar surface area (TPSA) is 46.5 Å². The maximum absolute atomic E-state index is 13.8. The highest BCUT2D eigenvalue weighted by molar-refractivity contribution is 6.32. The van der Waals surface area contributed by atoms with E-state index >= 15 is 0 Å². The number of benzene rings is 2. The lowest BCUT2D eigenvalue weighted by atomic mass is 10.2. The Hall–Kier alpha value is -2.07. The van der Waals surface area contributed by atoms with Gasteiger partial charge in [0.25, 0.3) is 0 Å². The highest BCUT2D eigenvalue weighted by atomic mass is 35.5. The molecule has 0 saturated heterocycles. The van der Waals surface area contributed by atoms with Crippen LogP contribution in [0.4, 0.5) is 4.39 Å². The van der Waals surface area contributed by atoms with Gasteiger partial charge in [0, 0.05) is 0 Å². The summed E-state index contributed by atoms with van der Waals surface area (Å²) in [4.78, 5) is 10.8. The molecule has 5 heteroatoms. The van der Waals surface area contributed by atoms with Crippen LogP contribution in [0, 0.1) is 12.7 Å². The first-order chi connectivity index (χ1) is 8.99. The van der Waals surface area contributed by atoms with Crippen LogP contribution >= 0.6 is 11.6 Å². The number of hydrogen-bond donors (Lipinski definition) is 1. The Labute approximate surface area is 114 Å². The van der Waals surface area contributed by atoms with E-state index in [0.717, 1.165) is 0 Å². The Balaban J connectivity index is 2.34. The molecule has 0 unspecified atom stereocenters. The molecule has 0 aliphatic carbocycles. The fourth-order valence-corrected chi connectivity index (χ4v) is 1.75. The Morgan fingerprint density at radius 1 is 1.26 bits per heavy atom. The first kappa shape index (κ1) is 13.4. The number of aryl methyl sites for hydroxylation is 1. The molecule has 2 aromatic rings. The third-order valence-electron chi connectivity index (χ3n) is 2.56. The van der Waals surface area contributed by atoms with E-state index < -0.39 is 11.8 Å². The molecule has 0 aliphatic heterocycles. The molecule has 2 aromatic carbocycles. The summed E-state index contributed by atoms with van der Waals surface area (Å²) < 4.78 is 19.1. The summed E-state index contributed by atoms with van der Waals surface area (Å²) in [6.45, 7) is 1.62. The normalized spacial score (nSPS) is 10.3. The van der Waals surface area contributed by atoms with Crippen molar-refractivity contribution in [3.05, 3.63) is 58.4 Å². The van der Waals surface area contributed by atoms with Crippen molar-refractivity contribution in [1.82, 2.24) is 0 Å². The van der Waals surface area contributed by atoms with Crippen LogP contribution in [0.3, 0.4) is 0 Å². The van der Waals surface area contributed by atoms with Crippen LogP contribution in [-0.2, 0) is 0 Å². The average Bonchev–Trinajstić information content (AvgIpc) is 2.37. The van der Waals surface area contributed by atoms with Gasteiger partial charge in [-0.3, -0.25) is 0 Å². The van der Waals surface area contributed by atoms with Gasteiger partial charge in [0.05, 0.1) is 10.6 Å². The SMILES string of the molecule is Cc1cccc(Oc2ccc(C(=O)O)cc2Cl)c1F. The van der Waals surface area contributed by atoms with Crippen molar-refractivity contribution in [3.8, 4) is 11.5 Å². The van der Waals surface area contributed by atoms with Gasteiger partial charge in [0.15, 0.2) is 11.6 Å². The molecule has 98 valence electrons. The van der Waals surface area contributed by atoms with Gasteiger partial charge in [-0.1, -0.05) is 23.7 Å². The summed E-state index contributed by atoms with van der Waals surface area (Å²) in [7, 11) is 0. The smallest absolute Gasteiger partial charge is 0.335 e. The van der Waals surface area contributed by atoms with Gasteiger partial charge < -0.3 is 9.84 Å². The van der Waals surface area contributed by atoms with Crippen LogP contribution in [-0.4, -0.2) is 11.1 Å². The van der Waals surface area contributed by atoms with Crippen LogP contribution in [0.5, 0.6) is 11.5 Å². The second kappa shape index (κ2) is 5.28. The fourth-order valence-electron chi connectivity index (χ4n) is 1.53. The van der Waals surface area contributed by atoms with Crippen LogP contribution in [0.25, 0.3) is 0 Å². The highest BCUT2D eigenvalue weighted by Gasteiger charge is 2.11. The van der Waals surface area contributed by atoms with Crippen LogP contribution in [0.1, 0.15) is 15.9 Å². The predicted octanol–water partition coefficient (Wildman–Crippen LogP) is 4.28. The molecule has 3 nitrogen and oxygen atoms in total. The van der Waals surface area contributed by atoms with Crippen molar-refractivity contribution >= 4 is 17.6 Å². The Morgan fingerprint density at radius 3 is 2.63 bits per heavy atom. The second-order valence-electron chi connectivity index (χ2n) is 3.94. The summed E-state index contributed by atoms with van der Waals surface area (Å²) in [6, 6.07) is 8.76. The predicted molar refractivity (Wildman–Crippen MR) is 69.6 cm³/mol. The number of rotatable bonds is 3. The zero-order valence-electron chi connectivity index (χ0n) is 9.98. The maximum Gasteiger partial charge on any atom is 0.335 e. The molecule has 0 heterocycles. The summed E-state index contributed by atoms with van der Waals surface area (Å²) in [5.74, 6) is -1.31. The van der Waals surface area contributed by atoms with Crippen molar-refractivity contribution in [3.63, 3.8) is 0 Å². The largest absolute Gasteiger partial charge is 0.478 e. The highest BCUT2D eigenvalue weighted by Crippen LogP contribution is 2.32. The third-order valence-corrected chi connectivity index (χ3v) is 2.85. The summed E-state index contributed by atoms with van der Waals surface area (Å²) >= 11 is 5.90. The van der Waals surface area contributed by atoms with Crippen molar-refractivity contribution in [1.29, 1.82) is 0 Å². The molecule has 0 fully saturated rings. The average molecular weight is 281 g/mol. The number of aromatic carboxylic acids is 1. The van der Waals surface area contributed by atoms with Crippen molar-refractivity contribution in [2.45, 2.75) is 6.92 Å². The lowest BCUT2D eigenvalue weighted by molar-refractivity contribution is 0.0697. The minimum absolute atomic E-state index is 0.0436. The number of hydrogen-bond acceptors (Lipinski definition) is 2. The van der Waals surface area contributed by atoms with Crippen LogP contribution in [0.15, 0.2) is 36.4 Å². The van der Waals surface area contributed by atoms with Gasteiger partial charge in [0.2, 0.25) is 0 Å². The van der Waals surface area contributed by atoms with E-state index in [1.54, 1.807) is 19.1 Å². The van der Waals surface area contributed by atoms with Crippen molar-refractivity contribution in [2.24, 2.45) is 0 Å². The zero-order valence-corrected chi connectivity index (χ0v) is 10.7. The van der Waals surface area contributed by atoms with E-state index in [4.69, 9.17) is 21.4 Å². The van der Waals surface area contributed by atoms with Crippen LogP contribution in [0.2, 0.25) is 5.02 Å². The second-order valence-corrected chi connectivity index (χ2v) is 4.35. The molecule has 1 N–H and O–H groups in total. The third kappa shape index (κ3) is 2.85. The van der Waals surface area contributed by atoms with Gasteiger partial charge >= 0.3 is 5.97 Å². The van der Waals surface area contributed by atoms with E-state index in [2.05, 4.69) is 0 Å². The summed E-state index contributed by atoms with van der Waals surface area (Å²) in [6.07, 6.45) is 0. The molecule has 0 atom stereocenters. The minimum atomic E-state index is -1.09. The van der Waals surface area contributed by atoms with Gasteiger partial charge in [-0.2, -0.15) is 0 Å². The van der Waals surface area contributed by atoms with Crippen molar-refractivity contribution in [2.75, 3.05) is 0 Å². The van der Waals surface area contributed by atoms with Crippen LogP contribution < -0.4 is 4.74 Å². The Morgan fingerprint density at radius 2 is 2.00 bits per heavy atom. The summed E-state index contributed by atoms with van der Waals surface area (Å²) in [5, 5.41) is 8.92. The summed E-state index contributed by atoms with van der Waals surface area (Å²) in [5.41, 5.74) is 0.498. The molecular formula is C14H10ClFO3. The Kier molecular flexibility index (Phi) is 3.71. The lowest BCUT2D eigenvalue weighted by Gasteiger charge is -2.10. The molecule has 19 heavy (non-hydrogen) atoms. The van der Waals surface area contributed by atoms with E-state index in [1.807, 2.05) is 0 Å². The first-order valence-corrected chi connectivity index (χ1v) is 5.82. The van der Waals surface area contributed by atoms with E-state index in [9.17, 15) is 9.18 Å². The molecular weight excluding hydrogens is 271 g/mol. The standard InChI is InChI=1S/C14H10ClFO3/c1-8-3-2-4-12(13(8)16)19-11-6-5-9(14(17)18)7-10(11)15/h2-7H,1H3,(H,17,18). The molecule has 0 saturated carbocycles. The number of carboxylic acid groups (broad SMARTS) is 1. The molecule has 0 bridgehead atoms. The fraction of sp³-hybridized carbons (Fsp3) is 0.0714. The lowest BCUT2D eigenvalue weighted by Crippen LogP contribution is -1.97. The van der Waals surface area contributed by atoms with Crippen molar-refractivity contribution < 1.29 is 19.0 Å². The molecule has 0 aliphatic rings. The molecule has 2 rings (SSSR count). The van der Waals surface area contributed by atoms with E-state index in [0.29, 0.717) is 5.56 Å². The quantitative estimate of drug-likeness (QED) is 0.913. The van der Waals surface area contributed by atoms with E-state index in [-0.39, 0.29) is 22.1 Å². The maximum atomic E-state index is 13.8. The molecule has 0 amide bonds. The Bertz CT molecular complexity index is 641. The molecule has 0 aromatic heterocycles. The van der Waals surface area contributed by atoms with Gasteiger partial charge in [-0.25, -0.2) is 9.18 Å². The number of halogens is 2. The first-order valence-electron chi connectivity index (χ1n) is 5.45. The monoisotopic (exact) mass is 280 g/mol. The number of carboxylic acids is 1.